The van der Waals surface area contributed by atoms with Gasteiger partial charge in [0.25, 0.3) is 26.1 Å². The molecule has 0 spiro atoms. The van der Waals surface area contributed by atoms with E-state index in [-0.39, 0.29) is 100 Å². The number of hydrogen-bond acceptors (Lipinski definition) is 9. The minimum Gasteiger partial charge on any atom is -0.477 e. The van der Waals surface area contributed by atoms with Crippen LogP contribution < -0.4 is 5.01 Å². The van der Waals surface area contributed by atoms with E-state index < -0.39 is 53.7 Å². The van der Waals surface area contributed by atoms with Crippen molar-refractivity contribution in [2.45, 2.75) is 15.8 Å². The van der Waals surface area contributed by atoms with Crippen LogP contribution in [0.3, 0.4) is 0 Å². The molecule has 13 nitrogen and oxygen atoms in total. The maximum atomic E-state index is 12.7. The van der Waals surface area contributed by atoms with Crippen molar-refractivity contribution in [2.24, 2.45) is 15.3 Å². The number of anilines is 1. The van der Waals surface area contributed by atoms with Crippen molar-refractivity contribution in [3.05, 3.63) is 48.5 Å². The molecule has 1 aliphatic rings. The van der Waals surface area contributed by atoms with Crippen molar-refractivity contribution >= 4 is 138 Å². The molecule has 165 valence electrons. The average molecular weight is 537 g/mol. The summed E-state index contributed by atoms with van der Waals surface area (Å²) in [5.74, 6) is -2.57. The standard InChI is InChI=1S/C16H12N4O9S2.3Na/c21-15-13(18-17-11-3-1-2-4-12(11)31(27,28)29)14(16(22)23)19-20(15)9-5-7-10(8-6-9)30(24,25)26;;;/h1-8,13H,(H,22,23)(H,24,25,26)(H,27,28,29);;;. The van der Waals surface area contributed by atoms with Crippen LogP contribution in [0, 0.1) is 0 Å². The summed E-state index contributed by atoms with van der Waals surface area (Å²) in [5, 5.41) is 20.8. The fourth-order valence-electron chi connectivity index (χ4n) is 2.53. The van der Waals surface area contributed by atoms with Gasteiger partial charge in [0.1, 0.15) is 10.6 Å². The number of hydrogen-bond donors (Lipinski definition) is 3. The van der Waals surface area contributed by atoms with Crippen molar-refractivity contribution in [1.29, 1.82) is 0 Å². The number of benzene rings is 2. The number of nitrogens with zero attached hydrogens (tertiary/aromatic N) is 4. The van der Waals surface area contributed by atoms with E-state index in [9.17, 15) is 36.1 Å². The molecule has 1 amide bonds. The molecule has 0 aromatic heterocycles. The normalized spacial score (nSPS) is 15.7. The molecule has 3 N–H and O–H groups in total. The van der Waals surface area contributed by atoms with Crippen LogP contribution in [-0.4, -0.2) is 143 Å². The quantitative estimate of drug-likeness (QED) is 0.257. The van der Waals surface area contributed by atoms with E-state index in [0.717, 1.165) is 30.3 Å². The predicted molar refractivity (Wildman–Crippen MR) is 121 cm³/mol. The number of amides is 1. The Balaban J connectivity index is 0.00000363. The van der Waals surface area contributed by atoms with Gasteiger partial charge in [-0.05, 0) is 36.4 Å². The molecule has 34 heavy (non-hydrogen) atoms. The number of carbonyl (C=O) groups excluding carboxylic acids is 1. The van der Waals surface area contributed by atoms with Crippen LogP contribution in [0.15, 0.2) is 73.7 Å². The Morgan fingerprint density at radius 1 is 0.912 bits per heavy atom. The predicted octanol–water partition coefficient (Wildman–Crippen LogP) is -0.0227. The molecule has 1 heterocycles. The summed E-state index contributed by atoms with van der Waals surface area (Å²) >= 11 is 0. The van der Waals surface area contributed by atoms with Crippen LogP contribution in [0.2, 0.25) is 0 Å². The molecule has 0 saturated heterocycles. The third-order valence-electron chi connectivity index (χ3n) is 3.93. The number of carboxylic acid groups (broad SMARTS) is 1. The van der Waals surface area contributed by atoms with Crippen LogP contribution in [-0.2, 0) is 29.8 Å². The maximum absolute atomic E-state index is 12.7. The summed E-state index contributed by atoms with van der Waals surface area (Å²) in [6, 6.07) is 7.34. The molecule has 0 bridgehead atoms. The first kappa shape index (κ1) is 33.5. The number of hydrazone groups is 1. The van der Waals surface area contributed by atoms with Gasteiger partial charge in [-0.25, -0.2) is 4.79 Å². The van der Waals surface area contributed by atoms with Crippen LogP contribution in [0.5, 0.6) is 0 Å². The fourth-order valence-corrected chi connectivity index (χ4v) is 3.63. The van der Waals surface area contributed by atoms with Crippen LogP contribution >= 0.6 is 0 Å². The Kier molecular flexibility index (Phi) is 12.9. The zero-order chi connectivity index (χ0) is 23.0. The second-order valence-corrected chi connectivity index (χ2v) is 8.78. The maximum Gasteiger partial charge on any atom is 0.355 e. The van der Waals surface area contributed by atoms with E-state index in [0.29, 0.717) is 5.01 Å². The summed E-state index contributed by atoms with van der Waals surface area (Å²) < 4.78 is 63.3. The third-order valence-corrected chi connectivity index (χ3v) is 5.70. The molecule has 1 atom stereocenters. The first-order valence-electron chi connectivity index (χ1n) is 8.10. The van der Waals surface area contributed by atoms with Crippen LogP contribution in [0.25, 0.3) is 0 Å². The van der Waals surface area contributed by atoms with Crippen molar-refractivity contribution in [3.63, 3.8) is 0 Å². The van der Waals surface area contributed by atoms with Gasteiger partial charge in [-0.1, -0.05) is 12.1 Å². The van der Waals surface area contributed by atoms with Gasteiger partial charge in [-0.15, -0.1) is 0 Å². The minimum absolute atomic E-state index is 0. The molecule has 0 aliphatic carbocycles. The number of azo groups is 1. The van der Waals surface area contributed by atoms with Gasteiger partial charge in [-0.3, -0.25) is 13.9 Å². The van der Waals surface area contributed by atoms with Gasteiger partial charge in [-0.2, -0.15) is 37.2 Å². The fraction of sp³-hybridized carbons (Fsp3) is 0.0625. The van der Waals surface area contributed by atoms with E-state index in [1.807, 2.05) is 0 Å². The van der Waals surface area contributed by atoms with Gasteiger partial charge in [0.05, 0.1) is 10.6 Å². The van der Waals surface area contributed by atoms with Crippen molar-refractivity contribution in [1.82, 2.24) is 0 Å². The van der Waals surface area contributed by atoms with Gasteiger partial charge in [0.2, 0.25) is 6.04 Å². The van der Waals surface area contributed by atoms with Gasteiger partial charge < -0.3 is 5.11 Å². The molecule has 0 fully saturated rings. The summed E-state index contributed by atoms with van der Waals surface area (Å²) in [5.41, 5.74) is -1.08. The Bertz CT molecular complexity index is 1350. The molecule has 2 aromatic carbocycles. The van der Waals surface area contributed by atoms with Crippen LogP contribution in [0.1, 0.15) is 0 Å². The van der Waals surface area contributed by atoms with E-state index in [2.05, 4.69) is 15.3 Å². The molecule has 1 aliphatic heterocycles. The monoisotopic (exact) mass is 537 g/mol. The van der Waals surface area contributed by atoms with E-state index in [1.54, 1.807) is 0 Å². The van der Waals surface area contributed by atoms with Gasteiger partial charge >= 0.3 is 5.97 Å². The summed E-state index contributed by atoms with van der Waals surface area (Å²) in [6.45, 7) is 0. The van der Waals surface area contributed by atoms with Crippen molar-refractivity contribution < 1.29 is 40.6 Å². The molecule has 3 rings (SSSR count). The van der Waals surface area contributed by atoms with E-state index in [1.165, 1.54) is 18.2 Å². The topological polar surface area (TPSA) is 203 Å². The second kappa shape index (κ2) is 13.1. The average Bonchev–Trinajstić information content (AvgIpc) is 3.02. The second-order valence-electron chi connectivity index (χ2n) is 5.97. The molecule has 0 saturated carbocycles. The van der Waals surface area contributed by atoms with Crippen molar-refractivity contribution in [3.8, 4) is 0 Å². The zero-order valence-corrected chi connectivity index (χ0v) is 25.7. The molecule has 18 heteroatoms. The first-order valence-corrected chi connectivity index (χ1v) is 11.0. The largest absolute Gasteiger partial charge is 0.477 e. The number of aliphatic carboxylic acids is 1. The van der Waals surface area contributed by atoms with Crippen LogP contribution in [0.4, 0.5) is 11.4 Å². The number of carboxylic acids is 1. The van der Waals surface area contributed by atoms with Crippen molar-refractivity contribution in [2.75, 3.05) is 5.01 Å². The zero-order valence-electron chi connectivity index (χ0n) is 18.1. The molecular formula is C16H12N4Na3O9S2. The van der Waals surface area contributed by atoms with E-state index >= 15 is 0 Å². The van der Waals surface area contributed by atoms with Gasteiger partial charge in [0.15, 0.2) is 5.71 Å². The Hall–Kier alpha value is -0.530. The minimum atomic E-state index is -4.66. The SMILES string of the molecule is O=C(O)C1=NN(c2ccc(S(=O)(=O)O)cc2)C(=O)C1N=Nc1ccccc1S(=O)(=O)O.[Na].[Na].[Na]. The molecule has 1 unspecified atom stereocenters. The smallest absolute Gasteiger partial charge is 0.355 e. The molecular weight excluding hydrogens is 525 g/mol. The third kappa shape index (κ3) is 7.73. The summed E-state index contributed by atoms with van der Waals surface area (Å²) in [6.07, 6.45) is 0. The Morgan fingerprint density at radius 2 is 1.47 bits per heavy atom. The Morgan fingerprint density at radius 3 is 1.97 bits per heavy atom. The molecule has 2 aromatic rings. The summed E-state index contributed by atoms with van der Waals surface area (Å²) in [4.78, 5) is 23.1. The van der Waals surface area contributed by atoms with E-state index in [4.69, 9.17) is 4.55 Å². The first-order chi connectivity index (χ1) is 14.4. The number of rotatable bonds is 6. The number of carbonyl (C=O) groups is 2. The van der Waals surface area contributed by atoms with Gasteiger partial charge in [0, 0.05) is 88.7 Å². The summed E-state index contributed by atoms with van der Waals surface area (Å²) in [7, 11) is -9.14. The molecule has 3 radical (unpaired) electrons. The Labute approximate surface area is 260 Å².